The number of carbonyl (C=O) groups is 2. The van der Waals surface area contributed by atoms with Crippen molar-refractivity contribution in [2.45, 2.75) is 52.9 Å². The summed E-state index contributed by atoms with van der Waals surface area (Å²) in [4.78, 5) is 27.4. The number of hydrogen-bond donors (Lipinski definition) is 1. The van der Waals surface area contributed by atoms with Crippen LogP contribution in [0.2, 0.25) is 0 Å². The number of hydrogen-bond acceptors (Lipinski definition) is 4. The van der Waals surface area contributed by atoms with E-state index in [1.54, 1.807) is 19.1 Å². The average molecular weight is 427 g/mol. The topological polar surface area (TPSA) is 67.8 Å². The van der Waals surface area contributed by atoms with Crippen molar-refractivity contribution in [1.29, 1.82) is 0 Å². The van der Waals surface area contributed by atoms with Crippen molar-refractivity contribution < 1.29 is 65.7 Å². The molecule has 0 bridgehead atoms. The molecule has 1 aromatic carbocycles. The Labute approximate surface area is 213 Å². The standard InChI is InChI=1S/C17H21N2O3P.C4H7.K/c1-4-22-15(20)7-11-5-6-12(8-14(11)23)18-10-19-16(21)13-9-17(13,2)3;1-2-4-3-1;/h5-6,13H,4,7,9,23H2,1-3H3,(H,18,19,21);1H,2-4H2;/q-2;-1;+1/t13-;;/m1../s1. The molecule has 148 valence electrons. The molecule has 2 atom stereocenters. The zero-order valence-electron chi connectivity index (χ0n) is 17.3. The van der Waals surface area contributed by atoms with Gasteiger partial charge in [-0.15, -0.1) is 21.2 Å². The minimum absolute atomic E-state index is 0. The van der Waals surface area contributed by atoms with Crippen LogP contribution in [0.25, 0.3) is 0 Å². The maximum Gasteiger partial charge on any atom is 1.00 e. The van der Waals surface area contributed by atoms with Crippen molar-refractivity contribution >= 4 is 38.4 Å². The van der Waals surface area contributed by atoms with E-state index in [0.29, 0.717) is 12.3 Å². The molecule has 0 heterocycles. The van der Waals surface area contributed by atoms with Crippen molar-refractivity contribution in [3.05, 3.63) is 30.2 Å². The number of nitrogens with one attached hydrogen (secondary N) is 1. The molecular formula is C21H28KN2O3P-2. The van der Waals surface area contributed by atoms with Gasteiger partial charge in [0, 0.05) is 12.8 Å². The molecule has 5 nitrogen and oxygen atoms in total. The molecule has 1 aromatic rings. The van der Waals surface area contributed by atoms with E-state index < -0.39 is 0 Å². The van der Waals surface area contributed by atoms with Crippen LogP contribution in [-0.2, 0) is 20.7 Å². The maximum atomic E-state index is 11.8. The Morgan fingerprint density at radius 1 is 1.43 bits per heavy atom. The Morgan fingerprint density at radius 3 is 2.50 bits per heavy atom. The summed E-state index contributed by atoms with van der Waals surface area (Å²) < 4.78 is 4.92. The van der Waals surface area contributed by atoms with Crippen LogP contribution in [0.1, 0.15) is 52.0 Å². The molecule has 1 amide bonds. The smallest absolute Gasteiger partial charge is 0.466 e. The number of esters is 1. The maximum absolute atomic E-state index is 11.8. The van der Waals surface area contributed by atoms with E-state index in [0.717, 1.165) is 17.3 Å². The van der Waals surface area contributed by atoms with Gasteiger partial charge in [0.15, 0.2) is 0 Å². The molecule has 0 aromatic heterocycles. The van der Waals surface area contributed by atoms with Crippen LogP contribution in [0.3, 0.4) is 0 Å². The number of ether oxygens (including phenoxy) is 1. The third-order valence-corrected chi connectivity index (χ3v) is 5.21. The van der Waals surface area contributed by atoms with Gasteiger partial charge in [0.25, 0.3) is 5.97 Å². The van der Waals surface area contributed by atoms with Crippen LogP contribution in [0.4, 0.5) is 5.69 Å². The molecule has 2 aliphatic rings. The second kappa shape index (κ2) is 12.6. The molecule has 2 fully saturated rings. The fraction of sp³-hybridized carbons (Fsp3) is 0.524. The molecule has 0 radical (unpaired) electrons. The number of carbonyl (C=O) groups excluding carboxylic acids is 2. The molecule has 1 N–H and O–H groups in total. The van der Waals surface area contributed by atoms with Gasteiger partial charge in [-0.1, -0.05) is 13.8 Å². The Hall–Kier alpha value is -0.104. The molecule has 2 aliphatic carbocycles. The van der Waals surface area contributed by atoms with Gasteiger partial charge in [-0.3, -0.25) is 4.79 Å². The summed E-state index contributed by atoms with van der Waals surface area (Å²) in [5, 5.41) is 3.32. The van der Waals surface area contributed by atoms with Crippen molar-refractivity contribution in [3.63, 3.8) is 0 Å². The van der Waals surface area contributed by atoms with Crippen LogP contribution in [0, 0.1) is 23.8 Å². The van der Waals surface area contributed by atoms with Gasteiger partial charge in [0.2, 0.25) is 0 Å². The predicted octanol–water partition coefficient (Wildman–Crippen LogP) is 0.170. The summed E-state index contributed by atoms with van der Waals surface area (Å²) in [6.07, 6.45) is 10.2. The number of amides is 1. The molecule has 1 unspecified atom stereocenters. The van der Waals surface area contributed by atoms with E-state index in [1.807, 2.05) is 0 Å². The van der Waals surface area contributed by atoms with Gasteiger partial charge in [0.05, 0.1) is 6.61 Å². The number of benzene rings is 1. The number of aliphatic imine (C=N–C) groups is 1. The van der Waals surface area contributed by atoms with Gasteiger partial charge in [-0.25, -0.2) is 12.1 Å². The Morgan fingerprint density at radius 2 is 2.04 bits per heavy atom. The molecule has 2 saturated carbocycles. The Balaban J connectivity index is 0.000000695. The monoisotopic (exact) mass is 426 g/mol. The predicted molar refractivity (Wildman–Crippen MR) is 110 cm³/mol. The minimum atomic E-state index is -0.272. The first-order chi connectivity index (χ1) is 12.8. The van der Waals surface area contributed by atoms with Crippen molar-refractivity contribution in [1.82, 2.24) is 5.32 Å². The number of rotatable bonds is 6. The summed E-state index contributed by atoms with van der Waals surface area (Å²) in [5.41, 5.74) is 1.44. The summed E-state index contributed by atoms with van der Waals surface area (Å²) in [5.74, 6) is -0.283. The molecule has 0 saturated heterocycles. The van der Waals surface area contributed by atoms with Crippen LogP contribution >= 0.6 is 9.24 Å². The summed E-state index contributed by atoms with van der Waals surface area (Å²) >= 11 is 0. The SMILES string of the molecule is CCOC(=O)Cc1ccc(N=[C-]NC(=O)[C@H]2CC2(C)C)[c-]c1P.[CH-]1CCC1.[K+]. The van der Waals surface area contributed by atoms with E-state index in [1.165, 1.54) is 19.3 Å². The second-order valence-electron chi connectivity index (χ2n) is 7.44. The van der Waals surface area contributed by atoms with E-state index >= 15 is 0 Å². The minimum Gasteiger partial charge on any atom is -0.466 e. The molecule has 28 heavy (non-hydrogen) atoms. The number of nitrogens with zero attached hydrogens (tertiary/aromatic N) is 1. The van der Waals surface area contributed by atoms with Crippen molar-refractivity contribution in [3.8, 4) is 0 Å². The second-order valence-corrected chi connectivity index (χ2v) is 8.02. The normalized spacial score (nSPS) is 18.8. The Kier molecular flexibility index (Phi) is 11.6. The average Bonchev–Trinajstić information content (AvgIpc) is 3.17. The van der Waals surface area contributed by atoms with Crippen LogP contribution < -0.4 is 62.0 Å². The van der Waals surface area contributed by atoms with E-state index in [4.69, 9.17) is 4.74 Å². The fourth-order valence-electron chi connectivity index (χ4n) is 2.47. The molecule has 0 aliphatic heterocycles. The van der Waals surface area contributed by atoms with Crippen molar-refractivity contribution in [2.75, 3.05) is 6.61 Å². The quantitative estimate of drug-likeness (QED) is 0.134. The zero-order valence-corrected chi connectivity index (χ0v) is 21.6. The summed E-state index contributed by atoms with van der Waals surface area (Å²) in [6, 6.07) is 6.55. The van der Waals surface area contributed by atoms with Gasteiger partial charge in [-0.2, -0.15) is 29.9 Å². The fourth-order valence-corrected chi connectivity index (χ4v) is 2.81. The van der Waals surface area contributed by atoms with Gasteiger partial charge in [-0.05, 0) is 24.7 Å². The van der Waals surface area contributed by atoms with Crippen LogP contribution in [-0.4, -0.2) is 24.8 Å². The third kappa shape index (κ3) is 8.72. The van der Waals surface area contributed by atoms with E-state index in [9.17, 15) is 9.59 Å². The zero-order chi connectivity index (χ0) is 19.9. The van der Waals surface area contributed by atoms with Crippen LogP contribution in [0.15, 0.2) is 17.1 Å². The largest absolute Gasteiger partial charge is 1.00 e. The van der Waals surface area contributed by atoms with Crippen molar-refractivity contribution in [2.24, 2.45) is 16.3 Å². The van der Waals surface area contributed by atoms with E-state index in [-0.39, 0.29) is 81.0 Å². The van der Waals surface area contributed by atoms with E-state index in [2.05, 4.69) is 52.2 Å². The summed E-state index contributed by atoms with van der Waals surface area (Å²) in [6.45, 7) is 6.26. The van der Waals surface area contributed by atoms with Gasteiger partial charge >= 0.3 is 51.4 Å². The van der Waals surface area contributed by atoms with Gasteiger partial charge < -0.3 is 26.3 Å². The molecular weight excluding hydrogens is 398 g/mol. The van der Waals surface area contributed by atoms with Gasteiger partial charge in [0.1, 0.15) is 5.91 Å². The van der Waals surface area contributed by atoms with Crippen LogP contribution in [0.5, 0.6) is 0 Å². The molecule has 0 spiro atoms. The first-order valence-electron chi connectivity index (χ1n) is 9.37. The first-order valence-corrected chi connectivity index (χ1v) is 9.94. The summed E-state index contributed by atoms with van der Waals surface area (Å²) in [7, 11) is 2.53. The molecule has 3 rings (SSSR count). The molecule has 7 heteroatoms. The first kappa shape index (κ1) is 25.9. The third-order valence-electron chi connectivity index (χ3n) is 4.69. The Bertz CT molecular complexity index is 699.